The highest BCUT2D eigenvalue weighted by Gasteiger charge is 2.20. The van der Waals surface area contributed by atoms with Crippen molar-refractivity contribution in [2.45, 2.75) is 26.2 Å². The molecule has 0 aliphatic carbocycles. The van der Waals surface area contributed by atoms with E-state index in [-0.39, 0.29) is 16.9 Å². The van der Waals surface area contributed by atoms with E-state index in [1.54, 1.807) is 18.3 Å². The van der Waals surface area contributed by atoms with Crippen molar-refractivity contribution in [3.63, 3.8) is 0 Å². The number of urea groups is 1. The fraction of sp³-hybridized carbons (Fsp3) is 0.345. The number of morpholine rings is 1. The Morgan fingerprint density at radius 2 is 1.82 bits per heavy atom. The Kier molecular flexibility index (Phi) is 8.13. The van der Waals surface area contributed by atoms with Crippen LogP contribution in [0.2, 0.25) is 0 Å². The molecule has 10 nitrogen and oxygen atoms in total. The third-order valence-corrected chi connectivity index (χ3v) is 6.50. The lowest BCUT2D eigenvalue weighted by Crippen LogP contribution is -2.38. The van der Waals surface area contributed by atoms with E-state index in [4.69, 9.17) is 14.0 Å². The molecule has 0 bridgehead atoms. The van der Waals surface area contributed by atoms with Crippen LogP contribution in [0.5, 0.6) is 5.75 Å². The summed E-state index contributed by atoms with van der Waals surface area (Å²) in [5, 5.41) is 8.90. The molecule has 40 heavy (non-hydrogen) atoms. The van der Waals surface area contributed by atoms with Gasteiger partial charge in [-0.1, -0.05) is 32.0 Å². The maximum atomic E-state index is 14.9. The van der Waals surface area contributed by atoms with Crippen molar-refractivity contribution in [3.05, 3.63) is 66.3 Å². The molecule has 2 aromatic carbocycles. The van der Waals surface area contributed by atoms with Crippen LogP contribution < -0.4 is 15.4 Å². The van der Waals surface area contributed by atoms with Crippen LogP contribution >= 0.6 is 0 Å². The number of hydrogen-bond acceptors (Lipinski definition) is 7. The topological polar surface area (TPSA) is 118 Å². The van der Waals surface area contributed by atoms with E-state index in [9.17, 15) is 9.18 Å². The van der Waals surface area contributed by atoms with E-state index >= 15 is 0 Å². The Hall–Kier alpha value is -4.22. The number of hydrogen-bond donors (Lipinski definition) is 3. The zero-order valence-corrected chi connectivity index (χ0v) is 22.8. The van der Waals surface area contributed by atoms with Crippen LogP contribution in [0.15, 0.2) is 59.3 Å². The number of amides is 2. The summed E-state index contributed by atoms with van der Waals surface area (Å²) in [4.78, 5) is 22.4. The van der Waals surface area contributed by atoms with Gasteiger partial charge in [0.2, 0.25) is 0 Å². The lowest BCUT2D eigenvalue weighted by molar-refractivity contribution is 0.0322. The van der Waals surface area contributed by atoms with Crippen molar-refractivity contribution in [3.8, 4) is 28.4 Å². The number of imidazole rings is 1. The van der Waals surface area contributed by atoms with Gasteiger partial charge < -0.3 is 24.3 Å². The molecule has 1 saturated heterocycles. The van der Waals surface area contributed by atoms with Gasteiger partial charge in [0.15, 0.2) is 5.82 Å². The van der Waals surface area contributed by atoms with E-state index in [1.165, 1.54) is 12.1 Å². The number of aromatic nitrogens is 3. The van der Waals surface area contributed by atoms with Gasteiger partial charge in [-0.15, -0.1) is 0 Å². The number of carbonyl (C=O) groups excluding carboxylic acids is 1. The highest BCUT2D eigenvalue weighted by atomic mass is 19.1. The molecule has 0 spiro atoms. The summed E-state index contributed by atoms with van der Waals surface area (Å²) in [6.45, 7) is 10.8. The average molecular weight is 549 g/mol. The first-order valence-corrected chi connectivity index (χ1v) is 13.2. The van der Waals surface area contributed by atoms with E-state index in [0.717, 1.165) is 44.2 Å². The number of H-pyrrole nitrogens is 1. The molecule has 1 aliphatic heterocycles. The number of benzene rings is 2. The smallest absolute Gasteiger partial charge is 0.325 e. The number of rotatable bonds is 8. The Bertz CT molecular complexity index is 1440. The summed E-state index contributed by atoms with van der Waals surface area (Å²) in [6, 6.07) is 13.2. The van der Waals surface area contributed by atoms with Crippen LogP contribution in [0.4, 0.5) is 20.7 Å². The fourth-order valence-corrected chi connectivity index (χ4v) is 4.18. The molecule has 3 N–H and O–H groups in total. The van der Waals surface area contributed by atoms with Crippen molar-refractivity contribution in [1.82, 2.24) is 20.0 Å². The Morgan fingerprint density at radius 3 is 2.52 bits per heavy atom. The molecule has 5 rings (SSSR count). The van der Waals surface area contributed by atoms with Crippen LogP contribution in [-0.4, -0.2) is 65.5 Å². The Morgan fingerprint density at radius 1 is 1.07 bits per heavy atom. The summed E-state index contributed by atoms with van der Waals surface area (Å²) in [7, 11) is 0. The number of ether oxygens (including phenoxy) is 2. The van der Waals surface area contributed by atoms with Gasteiger partial charge in [-0.2, -0.15) is 0 Å². The molecule has 2 aromatic heterocycles. The molecule has 210 valence electrons. The molecule has 1 aliphatic rings. The molecule has 0 radical (unpaired) electrons. The Balaban J connectivity index is 1.16. The molecule has 0 unspecified atom stereocenters. The minimum atomic E-state index is -0.627. The zero-order chi connectivity index (χ0) is 28.1. The molecule has 0 saturated carbocycles. The molecule has 2 amide bonds. The molecular weight excluding hydrogens is 515 g/mol. The number of nitrogens with zero attached hydrogens (tertiary/aromatic N) is 3. The van der Waals surface area contributed by atoms with Crippen LogP contribution in [0, 0.1) is 5.82 Å². The summed E-state index contributed by atoms with van der Waals surface area (Å²) in [6.07, 6.45) is 1.65. The highest BCUT2D eigenvalue weighted by Crippen LogP contribution is 2.27. The molecule has 1 fully saturated rings. The van der Waals surface area contributed by atoms with Gasteiger partial charge in [0.1, 0.15) is 29.8 Å². The number of aromatic amines is 1. The summed E-state index contributed by atoms with van der Waals surface area (Å²) < 4.78 is 31.4. The average Bonchev–Trinajstić information content (AvgIpc) is 3.61. The molecule has 3 heterocycles. The van der Waals surface area contributed by atoms with Gasteiger partial charge in [-0.3, -0.25) is 10.2 Å². The van der Waals surface area contributed by atoms with Crippen molar-refractivity contribution < 1.29 is 23.2 Å². The zero-order valence-electron chi connectivity index (χ0n) is 22.8. The first kappa shape index (κ1) is 27.4. The van der Waals surface area contributed by atoms with E-state index in [2.05, 4.69) is 30.7 Å². The second-order valence-corrected chi connectivity index (χ2v) is 10.6. The lowest BCUT2D eigenvalue weighted by atomic mass is 9.93. The van der Waals surface area contributed by atoms with Crippen molar-refractivity contribution in [2.24, 2.45) is 0 Å². The summed E-state index contributed by atoms with van der Waals surface area (Å²) in [5.74, 6) is 1.73. The first-order valence-electron chi connectivity index (χ1n) is 13.2. The molecule has 0 atom stereocenters. The third kappa shape index (κ3) is 6.85. The molecule has 11 heteroatoms. The Labute approximate surface area is 231 Å². The number of halogens is 1. The number of nitrogens with one attached hydrogen (secondary N) is 3. The van der Waals surface area contributed by atoms with Crippen molar-refractivity contribution in [1.29, 1.82) is 0 Å². The van der Waals surface area contributed by atoms with Crippen molar-refractivity contribution >= 4 is 17.5 Å². The van der Waals surface area contributed by atoms with Crippen LogP contribution in [0.25, 0.3) is 22.6 Å². The molecule has 4 aromatic rings. The SMILES string of the molecule is CC(C)(C)c1cc(NC(=O)Nc2ccc(-c3cnc(-c4ccc(OCCN5CCOCC5)cc4)[nH]3)cc2F)no1. The van der Waals surface area contributed by atoms with Gasteiger partial charge in [0.25, 0.3) is 0 Å². The number of anilines is 2. The standard InChI is InChI=1S/C29H33FN6O4/c1-29(2,3)25-17-26(35-40-25)34-28(37)33-23-9-6-20(16-22(23)30)24-18-31-27(32-24)19-4-7-21(8-5-19)39-15-12-36-10-13-38-14-11-36/h4-9,16-18H,10-15H2,1-3H3,(H,31,32)(H2,33,34,35,37). The predicted molar refractivity (Wildman–Crippen MR) is 150 cm³/mol. The van der Waals surface area contributed by atoms with Gasteiger partial charge >= 0.3 is 6.03 Å². The van der Waals surface area contributed by atoms with Gasteiger partial charge in [0, 0.05) is 42.2 Å². The minimum Gasteiger partial charge on any atom is -0.492 e. The second-order valence-electron chi connectivity index (χ2n) is 10.6. The quantitative estimate of drug-likeness (QED) is 0.265. The van der Waals surface area contributed by atoms with Gasteiger partial charge in [0.05, 0.1) is 30.8 Å². The number of carbonyl (C=O) groups is 1. The van der Waals surface area contributed by atoms with E-state index < -0.39 is 11.8 Å². The van der Waals surface area contributed by atoms with Gasteiger partial charge in [-0.25, -0.2) is 14.2 Å². The largest absolute Gasteiger partial charge is 0.492 e. The predicted octanol–water partition coefficient (Wildman–Crippen LogP) is 5.52. The van der Waals surface area contributed by atoms with Crippen LogP contribution in [-0.2, 0) is 10.2 Å². The summed E-state index contributed by atoms with van der Waals surface area (Å²) >= 11 is 0. The summed E-state index contributed by atoms with van der Waals surface area (Å²) in [5.41, 5.74) is 1.90. The van der Waals surface area contributed by atoms with Crippen molar-refractivity contribution in [2.75, 3.05) is 50.1 Å². The van der Waals surface area contributed by atoms with Gasteiger partial charge in [-0.05, 0) is 36.4 Å². The fourth-order valence-electron chi connectivity index (χ4n) is 4.18. The van der Waals surface area contributed by atoms with Crippen LogP contribution in [0.3, 0.4) is 0 Å². The molecular formula is C29H33FN6O4. The third-order valence-electron chi connectivity index (χ3n) is 6.50. The van der Waals surface area contributed by atoms with E-state index in [0.29, 0.717) is 29.4 Å². The lowest BCUT2D eigenvalue weighted by Gasteiger charge is -2.26. The maximum absolute atomic E-state index is 14.9. The maximum Gasteiger partial charge on any atom is 0.325 e. The second kappa shape index (κ2) is 11.9. The van der Waals surface area contributed by atoms with E-state index in [1.807, 2.05) is 45.0 Å². The first-order chi connectivity index (χ1) is 19.2. The minimum absolute atomic E-state index is 0.0322. The normalized spacial score (nSPS) is 14.2. The monoisotopic (exact) mass is 548 g/mol. The van der Waals surface area contributed by atoms with Crippen LogP contribution in [0.1, 0.15) is 26.5 Å². The highest BCUT2D eigenvalue weighted by molar-refractivity contribution is 5.99.